The van der Waals surface area contributed by atoms with Crippen LogP contribution in [0.15, 0.2) is 0 Å². The average Bonchev–Trinajstić information content (AvgIpc) is 2.10. The van der Waals surface area contributed by atoms with Crippen molar-refractivity contribution in [3.8, 4) is 0 Å². The lowest BCUT2D eigenvalue weighted by Crippen LogP contribution is -2.33. The van der Waals surface area contributed by atoms with Gasteiger partial charge in [-0.25, -0.2) is 0 Å². The lowest BCUT2D eigenvalue weighted by atomic mass is 10.2. The molecular formula is C6H10F3NS. The maximum Gasteiger partial charge on any atom is 0.393 e. The third-order valence-electron chi connectivity index (χ3n) is 1.60. The smallest absolute Gasteiger partial charge is 0.315 e. The van der Waals surface area contributed by atoms with E-state index in [9.17, 15) is 13.2 Å². The van der Waals surface area contributed by atoms with Gasteiger partial charge in [-0.3, -0.25) is 0 Å². The lowest BCUT2D eigenvalue weighted by molar-refractivity contribution is -0.166. The van der Waals surface area contributed by atoms with Gasteiger partial charge in [0.25, 0.3) is 0 Å². The van der Waals surface area contributed by atoms with Crippen LogP contribution in [0.3, 0.4) is 0 Å². The van der Waals surface area contributed by atoms with Crippen molar-refractivity contribution in [2.75, 3.05) is 24.6 Å². The summed E-state index contributed by atoms with van der Waals surface area (Å²) in [5.41, 5.74) is 0. The second kappa shape index (κ2) is 3.67. The van der Waals surface area contributed by atoms with Crippen LogP contribution in [0, 0.1) is 5.92 Å². The van der Waals surface area contributed by atoms with Crippen LogP contribution in [0.4, 0.5) is 13.2 Å². The first kappa shape index (κ1) is 9.19. The Morgan fingerprint density at radius 2 is 2.09 bits per heavy atom. The van der Waals surface area contributed by atoms with Gasteiger partial charge in [-0.15, -0.1) is 0 Å². The quantitative estimate of drug-likeness (QED) is 0.613. The van der Waals surface area contributed by atoms with Crippen LogP contribution in [0.5, 0.6) is 0 Å². The van der Waals surface area contributed by atoms with Crippen LogP contribution in [0.2, 0.25) is 0 Å². The van der Waals surface area contributed by atoms with Crippen molar-refractivity contribution in [2.24, 2.45) is 5.92 Å². The van der Waals surface area contributed by atoms with E-state index in [1.165, 1.54) is 11.8 Å². The maximum absolute atomic E-state index is 12.1. The fourth-order valence-electron chi connectivity index (χ4n) is 0.915. The minimum atomic E-state index is -4.02. The van der Waals surface area contributed by atoms with Gasteiger partial charge in [0.1, 0.15) is 0 Å². The topological polar surface area (TPSA) is 12.0 Å². The summed E-state index contributed by atoms with van der Waals surface area (Å²) in [7, 11) is 0. The van der Waals surface area contributed by atoms with Crippen molar-refractivity contribution >= 4 is 11.8 Å². The molecule has 1 rings (SSSR count). The summed E-state index contributed by atoms with van der Waals surface area (Å²) < 4.78 is 36.2. The zero-order valence-corrected chi connectivity index (χ0v) is 6.76. The third kappa shape index (κ3) is 2.91. The van der Waals surface area contributed by atoms with Gasteiger partial charge in [0.2, 0.25) is 0 Å². The Kier molecular flexibility index (Phi) is 3.06. The number of halogens is 3. The van der Waals surface area contributed by atoms with Crippen molar-refractivity contribution in [3.63, 3.8) is 0 Å². The molecule has 1 unspecified atom stereocenters. The Hall–Kier alpha value is 0.100. The van der Waals surface area contributed by atoms with E-state index in [-0.39, 0.29) is 12.3 Å². The van der Waals surface area contributed by atoms with Gasteiger partial charge in [0, 0.05) is 24.6 Å². The van der Waals surface area contributed by atoms with Gasteiger partial charge < -0.3 is 5.32 Å². The molecule has 0 spiro atoms. The predicted molar refractivity (Wildman–Crippen MR) is 39.7 cm³/mol. The van der Waals surface area contributed by atoms with Crippen LogP contribution in [0.25, 0.3) is 0 Å². The molecule has 1 atom stereocenters. The van der Waals surface area contributed by atoms with E-state index in [4.69, 9.17) is 0 Å². The average molecular weight is 185 g/mol. The normalized spacial score (nSPS) is 28.1. The largest absolute Gasteiger partial charge is 0.393 e. The number of alkyl halides is 3. The fourth-order valence-corrected chi connectivity index (χ4v) is 1.96. The fraction of sp³-hybridized carbons (Fsp3) is 1.00. The minimum Gasteiger partial charge on any atom is -0.315 e. The first-order valence-electron chi connectivity index (χ1n) is 3.46. The van der Waals surface area contributed by atoms with Gasteiger partial charge in [-0.05, 0) is 0 Å². The minimum absolute atomic E-state index is 0.0799. The Balaban J connectivity index is 2.43. The molecule has 1 heterocycles. The van der Waals surface area contributed by atoms with E-state index in [0.29, 0.717) is 6.54 Å². The SMILES string of the molecule is FC(F)(F)C1CNCCSC1. The molecule has 0 aromatic carbocycles. The second-order valence-electron chi connectivity index (χ2n) is 2.52. The highest BCUT2D eigenvalue weighted by Crippen LogP contribution is 2.29. The third-order valence-corrected chi connectivity index (χ3v) is 2.73. The zero-order chi connectivity index (χ0) is 8.32. The van der Waals surface area contributed by atoms with Crippen LogP contribution in [-0.4, -0.2) is 30.8 Å². The summed E-state index contributed by atoms with van der Waals surface area (Å²) in [4.78, 5) is 0. The molecule has 11 heavy (non-hydrogen) atoms. The highest BCUT2D eigenvalue weighted by atomic mass is 32.2. The molecule has 0 aromatic rings. The van der Waals surface area contributed by atoms with E-state index >= 15 is 0 Å². The molecule has 0 aliphatic carbocycles. The molecule has 1 fully saturated rings. The molecule has 1 aliphatic rings. The monoisotopic (exact) mass is 185 g/mol. The van der Waals surface area contributed by atoms with Crippen molar-refractivity contribution in [2.45, 2.75) is 6.18 Å². The summed E-state index contributed by atoms with van der Waals surface area (Å²) >= 11 is 1.37. The number of hydrogen-bond acceptors (Lipinski definition) is 2. The van der Waals surface area contributed by atoms with Gasteiger partial charge in [-0.2, -0.15) is 24.9 Å². The molecule has 0 bridgehead atoms. The first-order chi connectivity index (χ1) is 5.11. The Bertz CT molecular complexity index is 117. The van der Waals surface area contributed by atoms with Gasteiger partial charge in [0.15, 0.2) is 0 Å². The molecule has 1 aliphatic heterocycles. The Morgan fingerprint density at radius 3 is 2.73 bits per heavy atom. The highest BCUT2D eigenvalue weighted by molar-refractivity contribution is 7.99. The molecule has 0 aromatic heterocycles. The second-order valence-corrected chi connectivity index (χ2v) is 3.67. The Morgan fingerprint density at radius 1 is 1.36 bits per heavy atom. The van der Waals surface area contributed by atoms with Crippen LogP contribution in [-0.2, 0) is 0 Å². The summed E-state index contributed by atoms with van der Waals surface area (Å²) in [6.45, 7) is 0.772. The van der Waals surface area contributed by atoms with Crippen molar-refractivity contribution in [1.29, 1.82) is 0 Å². The van der Waals surface area contributed by atoms with Gasteiger partial charge >= 0.3 is 6.18 Å². The summed E-state index contributed by atoms with van der Waals surface area (Å²) in [5, 5.41) is 2.76. The number of thioether (sulfide) groups is 1. The van der Waals surface area contributed by atoms with E-state index in [1.54, 1.807) is 0 Å². The molecule has 0 amide bonds. The zero-order valence-electron chi connectivity index (χ0n) is 5.95. The number of hydrogen-bond donors (Lipinski definition) is 1. The lowest BCUT2D eigenvalue weighted by Gasteiger charge is -2.16. The van der Waals surface area contributed by atoms with E-state index in [0.717, 1.165) is 5.75 Å². The predicted octanol–water partition coefficient (Wildman–Crippen LogP) is 1.50. The van der Waals surface area contributed by atoms with Crippen molar-refractivity contribution in [1.82, 2.24) is 5.32 Å². The summed E-state index contributed by atoms with van der Waals surface area (Å²) in [6.07, 6.45) is -4.02. The molecule has 66 valence electrons. The molecule has 0 saturated carbocycles. The molecule has 1 nitrogen and oxygen atoms in total. The van der Waals surface area contributed by atoms with Crippen LogP contribution in [0.1, 0.15) is 0 Å². The summed E-state index contributed by atoms with van der Waals surface area (Å²) in [5.74, 6) is -0.168. The molecular weight excluding hydrogens is 175 g/mol. The van der Waals surface area contributed by atoms with E-state index in [2.05, 4.69) is 5.32 Å². The molecule has 5 heteroatoms. The molecule has 1 N–H and O–H groups in total. The Labute approximate surface area is 67.7 Å². The van der Waals surface area contributed by atoms with E-state index in [1.807, 2.05) is 0 Å². The molecule has 1 saturated heterocycles. The van der Waals surface area contributed by atoms with Crippen molar-refractivity contribution in [3.05, 3.63) is 0 Å². The molecule has 0 radical (unpaired) electrons. The van der Waals surface area contributed by atoms with Crippen LogP contribution < -0.4 is 5.32 Å². The number of nitrogens with one attached hydrogen (secondary N) is 1. The standard InChI is InChI=1S/C6H10F3NS/c7-6(8,9)5-3-10-1-2-11-4-5/h5,10H,1-4H2. The van der Waals surface area contributed by atoms with Crippen LogP contribution >= 0.6 is 11.8 Å². The van der Waals surface area contributed by atoms with Gasteiger partial charge in [0.05, 0.1) is 5.92 Å². The maximum atomic E-state index is 12.1. The van der Waals surface area contributed by atoms with E-state index < -0.39 is 12.1 Å². The first-order valence-corrected chi connectivity index (χ1v) is 4.61. The highest BCUT2D eigenvalue weighted by Gasteiger charge is 2.39. The number of rotatable bonds is 0. The van der Waals surface area contributed by atoms with Crippen molar-refractivity contribution < 1.29 is 13.2 Å². The summed E-state index contributed by atoms with van der Waals surface area (Å²) in [6, 6.07) is 0. The van der Waals surface area contributed by atoms with Gasteiger partial charge in [-0.1, -0.05) is 0 Å².